The van der Waals surface area contributed by atoms with Crippen molar-refractivity contribution in [1.82, 2.24) is 29.5 Å². The topological polar surface area (TPSA) is 74.6 Å². The first-order valence-corrected chi connectivity index (χ1v) is 13.2. The van der Waals surface area contributed by atoms with Gasteiger partial charge in [0.25, 0.3) is 0 Å². The highest BCUT2D eigenvalue weighted by Gasteiger charge is 2.26. The molecule has 5 aromatic rings. The lowest BCUT2D eigenvalue weighted by Crippen LogP contribution is -2.36. The van der Waals surface area contributed by atoms with Gasteiger partial charge in [0.1, 0.15) is 0 Å². The van der Waals surface area contributed by atoms with E-state index >= 15 is 0 Å². The molecule has 0 radical (unpaired) electrons. The highest BCUT2D eigenvalue weighted by atomic mass is 16.5. The summed E-state index contributed by atoms with van der Waals surface area (Å²) in [5.41, 5.74) is 7.81. The van der Waals surface area contributed by atoms with Crippen LogP contribution in [-0.4, -0.2) is 68.9 Å². The molecule has 2 aliphatic rings. The fraction of sp³-hybridized carbons (Fsp3) is 0.345. The summed E-state index contributed by atoms with van der Waals surface area (Å²) in [6.07, 6.45) is 10.1. The van der Waals surface area contributed by atoms with Crippen LogP contribution in [0.3, 0.4) is 0 Å². The van der Waals surface area contributed by atoms with Gasteiger partial charge < -0.3 is 14.6 Å². The molecule has 2 aliphatic heterocycles. The standard InChI is InChI=1S/C29H31N7O/c1-2-21(18-30-8-1)20-34-10-6-22(7-11-34)28-19-32-29-27(35-12-14-37-15-13-35)17-26(33-36(28)29)23-3-4-25-24(16-23)5-9-31-25/h1-5,8-9,16-19,22,31H,6-7,10-15,20H2. The lowest BCUT2D eigenvalue weighted by molar-refractivity contribution is 0.123. The molecule has 0 unspecified atom stereocenters. The molecule has 188 valence electrons. The molecular formula is C29H31N7O. The number of benzene rings is 1. The number of fused-ring (bicyclic) bond motifs is 2. The molecule has 8 heteroatoms. The largest absolute Gasteiger partial charge is 0.378 e. The van der Waals surface area contributed by atoms with E-state index in [4.69, 9.17) is 14.8 Å². The number of imidazole rings is 1. The second-order valence-corrected chi connectivity index (χ2v) is 10.1. The Kier molecular flexibility index (Phi) is 5.83. The van der Waals surface area contributed by atoms with E-state index in [-0.39, 0.29) is 0 Å². The van der Waals surface area contributed by atoms with E-state index in [0.29, 0.717) is 5.92 Å². The molecule has 0 spiro atoms. The average Bonchev–Trinajstić information content (AvgIpc) is 3.61. The molecular weight excluding hydrogens is 462 g/mol. The van der Waals surface area contributed by atoms with E-state index in [1.807, 2.05) is 24.7 Å². The van der Waals surface area contributed by atoms with Crippen molar-refractivity contribution in [3.8, 4) is 11.3 Å². The third-order valence-electron chi connectivity index (χ3n) is 7.81. The second kappa shape index (κ2) is 9.61. The maximum atomic E-state index is 5.64. The Morgan fingerprint density at radius 3 is 2.70 bits per heavy atom. The van der Waals surface area contributed by atoms with Crippen LogP contribution in [0.4, 0.5) is 5.69 Å². The number of hydrogen-bond donors (Lipinski definition) is 1. The molecule has 0 atom stereocenters. The van der Waals surface area contributed by atoms with Crippen molar-refractivity contribution in [2.75, 3.05) is 44.3 Å². The van der Waals surface area contributed by atoms with Crippen LogP contribution in [0, 0.1) is 0 Å². The molecule has 4 aromatic heterocycles. The van der Waals surface area contributed by atoms with Crippen LogP contribution in [0.2, 0.25) is 0 Å². The molecule has 2 fully saturated rings. The van der Waals surface area contributed by atoms with Crippen molar-refractivity contribution in [3.63, 3.8) is 0 Å². The lowest BCUT2D eigenvalue weighted by atomic mass is 9.94. The number of piperidine rings is 1. The molecule has 0 saturated carbocycles. The summed E-state index contributed by atoms with van der Waals surface area (Å²) >= 11 is 0. The van der Waals surface area contributed by atoms with Gasteiger partial charge >= 0.3 is 0 Å². The molecule has 1 aromatic carbocycles. The Labute approximate surface area is 215 Å². The Balaban J connectivity index is 1.23. The summed E-state index contributed by atoms with van der Waals surface area (Å²) in [5.74, 6) is 0.438. The summed E-state index contributed by atoms with van der Waals surface area (Å²) in [5, 5.41) is 6.37. The number of hydrogen-bond acceptors (Lipinski definition) is 6. The van der Waals surface area contributed by atoms with Gasteiger partial charge in [0.15, 0.2) is 5.65 Å². The minimum atomic E-state index is 0.438. The average molecular weight is 494 g/mol. The number of pyridine rings is 1. The zero-order valence-electron chi connectivity index (χ0n) is 20.9. The number of nitrogens with one attached hydrogen (secondary N) is 1. The van der Waals surface area contributed by atoms with Crippen molar-refractivity contribution in [2.45, 2.75) is 25.3 Å². The van der Waals surface area contributed by atoms with E-state index in [2.05, 4.69) is 66.9 Å². The summed E-state index contributed by atoms with van der Waals surface area (Å²) < 4.78 is 7.77. The molecule has 6 heterocycles. The number of likely N-dealkylation sites (tertiary alicyclic amines) is 1. The van der Waals surface area contributed by atoms with E-state index in [0.717, 1.165) is 86.9 Å². The summed E-state index contributed by atoms with van der Waals surface area (Å²) in [7, 11) is 0. The zero-order chi connectivity index (χ0) is 24.6. The number of ether oxygens (including phenoxy) is 1. The van der Waals surface area contributed by atoms with Crippen LogP contribution in [0.5, 0.6) is 0 Å². The SMILES string of the molecule is c1cncc(CN2CCC(c3cnc4c(N5CCOCC5)cc(-c5ccc6[nH]ccc6c5)nn34)CC2)c1. The van der Waals surface area contributed by atoms with Gasteiger partial charge in [0.2, 0.25) is 0 Å². The van der Waals surface area contributed by atoms with E-state index in [1.165, 1.54) is 16.6 Å². The maximum Gasteiger partial charge on any atom is 0.177 e. The van der Waals surface area contributed by atoms with Crippen molar-refractivity contribution < 1.29 is 4.74 Å². The third kappa shape index (κ3) is 4.36. The smallest absolute Gasteiger partial charge is 0.177 e. The Morgan fingerprint density at radius 1 is 0.973 bits per heavy atom. The van der Waals surface area contributed by atoms with Gasteiger partial charge in [0.05, 0.1) is 36.5 Å². The number of aromatic amines is 1. The van der Waals surface area contributed by atoms with Gasteiger partial charge in [-0.3, -0.25) is 9.88 Å². The number of aromatic nitrogens is 5. The van der Waals surface area contributed by atoms with Crippen LogP contribution in [0.15, 0.2) is 67.3 Å². The van der Waals surface area contributed by atoms with E-state index in [1.54, 1.807) is 0 Å². The van der Waals surface area contributed by atoms with Crippen molar-refractivity contribution in [3.05, 3.63) is 78.5 Å². The zero-order valence-corrected chi connectivity index (χ0v) is 20.9. The van der Waals surface area contributed by atoms with Crippen LogP contribution >= 0.6 is 0 Å². The number of anilines is 1. The molecule has 0 bridgehead atoms. The minimum absolute atomic E-state index is 0.438. The van der Waals surface area contributed by atoms with Crippen LogP contribution in [-0.2, 0) is 11.3 Å². The predicted octanol–water partition coefficient (Wildman–Crippen LogP) is 4.49. The lowest BCUT2D eigenvalue weighted by Gasteiger charge is -2.32. The maximum absolute atomic E-state index is 5.64. The first kappa shape index (κ1) is 22.4. The quantitative estimate of drug-likeness (QED) is 0.389. The molecule has 7 rings (SSSR count). The Morgan fingerprint density at radius 2 is 1.86 bits per heavy atom. The third-order valence-corrected chi connectivity index (χ3v) is 7.81. The first-order valence-electron chi connectivity index (χ1n) is 13.2. The predicted molar refractivity (Wildman–Crippen MR) is 145 cm³/mol. The highest BCUT2D eigenvalue weighted by molar-refractivity contribution is 5.85. The van der Waals surface area contributed by atoms with Gasteiger partial charge in [-0.25, -0.2) is 9.50 Å². The Bertz CT molecular complexity index is 1510. The van der Waals surface area contributed by atoms with Crippen molar-refractivity contribution in [1.29, 1.82) is 0 Å². The number of nitrogens with zero attached hydrogens (tertiary/aromatic N) is 6. The van der Waals surface area contributed by atoms with Gasteiger partial charge in [-0.05, 0) is 61.8 Å². The monoisotopic (exact) mass is 493 g/mol. The van der Waals surface area contributed by atoms with Crippen LogP contribution in [0.1, 0.15) is 30.0 Å². The first-order chi connectivity index (χ1) is 18.3. The van der Waals surface area contributed by atoms with Gasteiger partial charge in [-0.2, -0.15) is 5.10 Å². The summed E-state index contributed by atoms with van der Waals surface area (Å²) in [6, 6.07) is 15.0. The molecule has 37 heavy (non-hydrogen) atoms. The van der Waals surface area contributed by atoms with Crippen LogP contribution < -0.4 is 4.90 Å². The summed E-state index contributed by atoms with van der Waals surface area (Å²) in [6.45, 7) is 6.29. The van der Waals surface area contributed by atoms with Crippen molar-refractivity contribution in [2.24, 2.45) is 0 Å². The fourth-order valence-electron chi connectivity index (χ4n) is 5.78. The molecule has 8 nitrogen and oxygen atoms in total. The Hall–Kier alpha value is -3.75. The molecule has 2 saturated heterocycles. The van der Waals surface area contributed by atoms with E-state index < -0.39 is 0 Å². The second-order valence-electron chi connectivity index (χ2n) is 10.1. The molecule has 0 aliphatic carbocycles. The summed E-state index contributed by atoms with van der Waals surface area (Å²) in [4.78, 5) is 17.4. The minimum Gasteiger partial charge on any atom is -0.378 e. The normalized spacial score (nSPS) is 17.7. The highest BCUT2D eigenvalue weighted by Crippen LogP contribution is 2.34. The number of H-pyrrole nitrogens is 1. The van der Waals surface area contributed by atoms with Gasteiger partial charge in [0, 0.05) is 60.6 Å². The van der Waals surface area contributed by atoms with Gasteiger partial charge in [-0.15, -0.1) is 0 Å². The molecule has 1 N–H and O–H groups in total. The van der Waals surface area contributed by atoms with E-state index in [9.17, 15) is 0 Å². The van der Waals surface area contributed by atoms with Crippen molar-refractivity contribution >= 4 is 22.2 Å². The van der Waals surface area contributed by atoms with Gasteiger partial charge in [-0.1, -0.05) is 12.1 Å². The van der Waals surface area contributed by atoms with Crippen LogP contribution in [0.25, 0.3) is 27.8 Å². The number of rotatable bonds is 5. The molecule has 0 amide bonds. The number of morpholine rings is 1. The fourth-order valence-corrected chi connectivity index (χ4v) is 5.78.